The van der Waals surface area contributed by atoms with Crippen LogP contribution in [0, 0.1) is 11.3 Å². The molecule has 5 nitrogen and oxygen atoms in total. The van der Waals surface area contributed by atoms with E-state index in [2.05, 4.69) is 11.4 Å². The van der Waals surface area contributed by atoms with E-state index < -0.39 is 5.54 Å². The second kappa shape index (κ2) is 7.02. The van der Waals surface area contributed by atoms with Gasteiger partial charge in [-0.3, -0.25) is 4.79 Å². The van der Waals surface area contributed by atoms with Gasteiger partial charge in [0.15, 0.2) is 0 Å². The van der Waals surface area contributed by atoms with Gasteiger partial charge in [-0.2, -0.15) is 5.26 Å². The number of aliphatic hydroxyl groups is 1. The van der Waals surface area contributed by atoms with Crippen LogP contribution in [0.4, 0.5) is 0 Å². The molecule has 1 aromatic rings. The summed E-state index contributed by atoms with van der Waals surface area (Å²) in [6, 6.07) is 9.06. The lowest BCUT2D eigenvalue weighted by Gasteiger charge is -2.35. The van der Waals surface area contributed by atoms with Gasteiger partial charge in [0.1, 0.15) is 0 Å². The minimum atomic E-state index is -0.589. The Hall–Kier alpha value is -2.16. The first-order valence-electron chi connectivity index (χ1n) is 6.86. The van der Waals surface area contributed by atoms with E-state index in [1.165, 1.54) is 6.08 Å². The molecule has 0 bridgehead atoms. The molecule has 0 aliphatic carbocycles. The molecule has 1 fully saturated rings. The number of rotatable bonds is 4. The fraction of sp³-hybridized carbons (Fsp3) is 0.375. The average molecular weight is 286 g/mol. The van der Waals surface area contributed by atoms with Crippen LogP contribution in [0.2, 0.25) is 0 Å². The quantitative estimate of drug-likeness (QED) is 0.816. The first-order valence-corrected chi connectivity index (χ1v) is 6.86. The lowest BCUT2D eigenvalue weighted by molar-refractivity contribution is -0.120. The number of hydrogen-bond acceptors (Lipinski definition) is 4. The van der Waals surface area contributed by atoms with Gasteiger partial charge in [-0.05, 0) is 36.6 Å². The van der Waals surface area contributed by atoms with Crippen molar-refractivity contribution in [3.8, 4) is 6.07 Å². The molecule has 0 saturated carbocycles. The second-order valence-corrected chi connectivity index (χ2v) is 5.11. The molecule has 2 rings (SSSR count). The summed E-state index contributed by atoms with van der Waals surface area (Å²) < 4.78 is 5.25. The van der Waals surface area contributed by atoms with E-state index in [0.29, 0.717) is 31.6 Å². The zero-order chi connectivity index (χ0) is 15.1. The van der Waals surface area contributed by atoms with Gasteiger partial charge in [-0.15, -0.1) is 0 Å². The molecule has 1 aliphatic rings. The Balaban J connectivity index is 2.00. The third-order valence-corrected chi connectivity index (χ3v) is 3.58. The zero-order valence-electron chi connectivity index (χ0n) is 11.7. The van der Waals surface area contributed by atoms with E-state index >= 15 is 0 Å². The topological polar surface area (TPSA) is 82.4 Å². The Morgan fingerprint density at radius 1 is 1.48 bits per heavy atom. The van der Waals surface area contributed by atoms with E-state index in [1.807, 2.05) is 6.07 Å². The Bertz CT molecular complexity index is 569. The Morgan fingerprint density at radius 3 is 2.90 bits per heavy atom. The number of carbonyl (C=O) groups excluding carboxylic acids is 1. The monoisotopic (exact) mass is 286 g/mol. The van der Waals surface area contributed by atoms with Crippen LogP contribution >= 0.6 is 0 Å². The number of nitrogens with zero attached hydrogens (tertiary/aromatic N) is 1. The molecule has 1 aliphatic heterocycles. The van der Waals surface area contributed by atoms with Gasteiger partial charge in [0.25, 0.3) is 0 Å². The van der Waals surface area contributed by atoms with Crippen molar-refractivity contribution in [1.82, 2.24) is 5.32 Å². The summed E-state index contributed by atoms with van der Waals surface area (Å²) in [7, 11) is 0. The molecule has 2 N–H and O–H groups in total. The smallest absolute Gasteiger partial charge is 0.244 e. The van der Waals surface area contributed by atoms with Crippen LogP contribution in [0.25, 0.3) is 6.08 Å². The third kappa shape index (κ3) is 4.15. The number of hydrogen-bond donors (Lipinski definition) is 2. The molecule has 1 amide bonds. The second-order valence-electron chi connectivity index (χ2n) is 5.11. The summed E-state index contributed by atoms with van der Waals surface area (Å²) in [6.07, 6.45) is 4.28. The molecule has 0 unspecified atom stereocenters. The maximum absolute atomic E-state index is 12.0. The Morgan fingerprint density at radius 2 is 2.24 bits per heavy atom. The fourth-order valence-electron chi connectivity index (χ4n) is 2.27. The maximum Gasteiger partial charge on any atom is 0.244 e. The van der Waals surface area contributed by atoms with Crippen LogP contribution in [-0.4, -0.2) is 36.4 Å². The molecule has 0 spiro atoms. The molecule has 1 saturated heterocycles. The van der Waals surface area contributed by atoms with Crippen molar-refractivity contribution >= 4 is 12.0 Å². The van der Waals surface area contributed by atoms with Crippen LogP contribution in [0.1, 0.15) is 24.0 Å². The number of benzene rings is 1. The minimum absolute atomic E-state index is 0.0974. The molecule has 0 aromatic heterocycles. The number of amides is 1. The Labute approximate surface area is 123 Å². The molecule has 0 atom stereocenters. The summed E-state index contributed by atoms with van der Waals surface area (Å²) in [6.45, 7) is 0.976. The van der Waals surface area contributed by atoms with Crippen LogP contribution in [0.3, 0.4) is 0 Å². The van der Waals surface area contributed by atoms with E-state index in [0.717, 1.165) is 5.56 Å². The SMILES string of the molecule is N#Cc1cccc(/C=C/C(=O)NC2(CO)CCOCC2)c1. The summed E-state index contributed by atoms with van der Waals surface area (Å²) in [4.78, 5) is 12.0. The van der Waals surface area contributed by atoms with Crippen LogP contribution in [0.5, 0.6) is 0 Å². The van der Waals surface area contributed by atoms with Crippen molar-refractivity contribution in [3.05, 3.63) is 41.5 Å². The lowest BCUT2D eigenvalue weighted by atomic mass is 9.91. The molecular formula is C16H18N2O3. The number of nitriles is 1. The highest BCUT2D eigenvalue weighted by Crippen LogP contribution is 2.20. The maximum atomic E-state index is 12.0. The van der Waals surface area contributed by atoms with Gasteiger partial charge >= 0.3 is 0 Å². The highest BCUT2D eigenvalue weighted by atomic mass is 16.5. The van der Waals surface area contributed by atoms with Crippen molar-refractivity contribution in [2.24, 2.45) is 0 Å². The predicted molar refractivity (Wildman–Crippen MR) is 78.2 cm³/mol. The summed E-state index contributed by atoms with van der Waals surface area (Å²) >= 11 is 0. The number of ether oxygens (including phenoxy) is 1. The van der Waals surface area contributed by atoms with Crippen LogP contribution in [0.15, 0.2) is 30.3 Å². The summed E-state index contributed by atoms with van der Waals surface area (Å²) in [5.74, 6) is -0.256. The molecule has 110 valence electrons. The Kier molecular flexibility index (Phi) is 5.09. The lowest BCUT2D eigenvalue weighted by Crippen LogP contribution is -2.54. The van der Waals surface area contributed by atoms with E-state index in [4.69, 9.17) is 10.00 Å². The van der Waals surface area contributed by atoms with Crippen molar-refractivity contribution in [3.63, 3.8) is 0 Å². The third-order valence-electron chi connectivity index (χ3n) is 3.58. The molecule has 1 heterocycles. The van der Waals surface area contributed by atoms with Crippen LogP contribution < -0.4 is 5.32 Å². The minimum Gasteiger partial charge on any atom is -0.394 e. The number of aliphatic hydroxyl groups excluding tert-OH is 1. The van der Waals surface area contributed by atoms with Gasteiger partial charge in [0.2, 0.25) is 5.91 Å². The van der Waals surface area contributed by atoms with Gasteiger partial charge in [0, 0.05) is 19.3 Å². The van der Waals surface area contributed by atoms with Gasteiger partial charge in [0.05, 0.1) is 23.8 Å². The molecule has 1 aromatic carbocycles. The van der Waals surface area contributed by atoms with Crippen molar-refractivity contribution in [1.29, 1.82) is 5.26 Å². The highest BCUT2D eigenvalue weighted by molar-refractivity contribution is 5.92. The fourth-order valence-corrected chi connectivity index (χ4v) is 2.27. The van der Waals surface area contributed by atoms with Gasteiger partial charge < -0.3 is 15.2 Å². The molecule has 21 heavy (non-hydrogen) atoms. The largest absolute Gasteiger partial charge is 0.394 e. The molecule has 0 radical (unpaired) electrons. The normalized spacial score (nSPS) is 17.3. The summed E-state index contributed by atoms with van der Waals surface area (Å²) in [5.41, 5.74) is 0.747. The zero-order valence-corrected chi connectivity index (χ0v) is 11.7. The molecule has 5 heteroatoms. The van der Waals surface area contributed by atoms with Crippen molar-refractivity contribution in [2.75, 3.05) is 19.8 Å². The first-order chi connectivity index (χ1) is 10.2. The highest BCUT2D eigenvalue weighted by Gasteiger charge is 2.32. The number of nitrogens with one attached hydrogen (secondary N) is 1. The van der Waals surface area contributed by atoms with Gasteiger partial charge in [-0.25, -0.2) is 0 Å². The van der Waals surface area contributed by atoms with Crippen molar-refractivity contribution in [2.45, 2.75) is 18.4 Å². The number of carbonyl (C=O) groups is 1. The van der Waals surface area contributed by atoms with E-state index in [9.17, 15) is 9.90 Å². The van der Waals surface area contributed by atoms with Crippen molar-refractivity contribution < 1.29 is 14.6 Å². The predicted octanol–water partition coefficient (Wildman–Crippen LogP) is 1.23. The molecular weight excluding hydrogens is 268 g/mol. The van der Waals surface area contributed by atoms with Gasteiger partial charge in [-0.1, -0.05) is 12.1 Å². The standard InChI is InChI=1S/C16H18N2O3/c17-11-14-3-1-2-13(10-14)4-5-15(20)18-16(12-19)6-8-21-9-7-16/h1-5,10,19H,6-9,12H2,(H,18,20)/b5-4+. The van der Waals surface area contributed by atoms with E-state index in [1.54, 1.807) is 24.3 Å². The van der Waals surface area contributed by atoms with E-state index in [-0.39, 0.29) is 12.5 Å². The summed E-state index contributed by atoms with van der Waals surface area (Å²) in [5, 5.41) is 21.2. The average Bonchev–Trinajstić information content (AvgIpc) is 2.54. The van der Waals surface area contributed by atoms with Crippen LogP contribution in [-0.2, 0) is 9.53 Å². The first kappa shape index (κ1) is 15.2.